The molecule has 0 saturated carbocycles. The third kappa shape index (κ3) is 7.04. The number of nitrogens with one attached hydrogen (secondary N) is 2. The molecule has 10 rings (SSSR count). The van der Waals surface area contributed by atoms with Gasteiger partial charge in [-0.3, -0.25) is 15.4 Å². The van der Waals surface area contributed by atoms with Gasteiger partial charge in [-0.25, -0.2) is 29.1 Å². The number of hydrogen-bond donors (Lipinski definition) is 2. The standard InChI is InChI=1S/C17H13N5S.C11H9ClN2.C9H9N5S/c1-2-6-14-12(5-1)9-21-10-13(18-16(14)21)11-23-17-19-15-7-3-4-8-22(15)20-17;12-5-9-7-14-6-8-3-1-2-4-10(8)11(14)13-9;10-8-3-1-2-5-14(8)12-9(15)13-6-4-11-7-13/h1-8,10H,9,11H2;1-4,7H,5-6H2;1-7,10H,(H,12,15). The van der Waals surface area contributed by atoms with E-state index in [-0.39, 0.29) is 0 Å². The van der Waals surface area contributed by atoms with E-state index in [0.717, 1.165) is 52.7 Å². The Morgan fingerprint density at radius 1 is 0.788 bits per heavy atom. The Morgan fingerprint density at radius 2 is 1.44 bits per heavy atom. The van der Waals surface area contributed by atoms with Crippen molar-refractivity contribution in [2.24, 2.45) is 0 Å². The van der Waals surface area contributed by atoms with Gasteiger partial charge in [0.1, 0.15) is 23.5 Å². The van der Waals surface area contributed by atoms with Gasteiger partial charge in [0.25, 0.3) is 0 Å². The first-order valence-corrected chi connectivity index (χ1v) is 18.3. The number of fused-ring (bicyclic) bond motifs is 7. The van der Waals surface area contributed by atoms with Crippen LogP contribution in [0.15, 0.2) is 134 Å². The molecule has 6 aromatic heterocycles. The predicted octanol–water partition coefficient (Wildman–Crippen LogP) is 6.44. The van der Waals surface area contributed by atoms with Crippen molar-refractivity contribution in [2.75, 3.05) is 5.43 Å². The summed E-state index contributed by atoms with van der Waals surface area (Å²) in [6.45, 7) is 1.84. The number of nitrogens with zero attached hydrogens (tertiary/aromatic N) is 10. The minimum atomic E-state index is 0.333. The lowest BCUT2D eigenvalue weighted by atomic mass is 10.1. The molecule has 0 aliphatic carbocycles. The lowest BCUT2D eigenvalue weighted by Gasteiger charge is -2.10. The van der Waals surface area contributed by atoms with Crippen LogP contribution in [0.5, 0.6) is 0 Å². The number of halogens is 1. The van der Waals surface area contributed by atoms with Gasteiger partial charge >= 0.3 is 0 Å². The third-order valence-electron chi connectivity index (χ3n) is 8.37. The second-order valence-corrected chi connectivity index (χ2v) is 13.4. The zero-order chi connectivity index (χ0) is 35.4. The Kier molecular flexibility index (Phi) is 9.48. The minimum Gasteiger partial charge on any atom is -0.326 e. The normalized spacial score (nSPS) is 11.8. The van der Waals surface area contributed by atoms with Crippen LogP contribution in [0.4, 0.5) is 0 Å². The fraction of sp³-hybridized carbons (Fsp3) is 0.108. The summed E-state index contributed by atoms with van der Waals surface area (Å²) < 4.78 is 9.36. The molecule has 0 radical (unpaired) electrons. The van der Waals surface area contributed by atoms with Crippen LogP contribution in [0, 0.1) is 5.41 Å². The number of rotatable bonds is 5. The average Bonchev–Trinajstić information content (AvgIpc) is 4.02. The van der Waals surface area contributed by atoms with Gasteiger partial charge in [-0.15, -0.1) is 16.7 Å². The third-order valence-corrected chi connectivity index (χ3v) is 9.82. The highest BCUT2D eigenvalue weighted by molar-refractivity contribution is 7.98. The summed E-state index contributed by atoms with van der Waals surface area (Å²) >= 11 is 12.5. The van der Waals surface area contributed by atoms with Crippen LogP contribution in [0.3, 0.4) is 0 Å². The lowest BCUT2D eigenvalue weighted by Crippen LogP contribution is -2.34. The Morgan fingerprint density at radius 3 is 2.12 bits per heavy atom. The van der Waals surface area contributed by atoms with Crippen molar-refractivity contribution in [1.29, 1.82) is 5.41 Å². The molecule has 2 N–H and O–H groups in total. The van der Waals surface area contributed by atoms with Gasteiger partial charge in [-0.05, 0) is 47.6 Å². The monoisotopic (exact) mass is 742 g/mol. The zero-order valence-corrected chi connectivity index (χ0v) is 30.0. The molecule has 12 nitrogen and oxygen atoms in total. The van der Waals surface area contributed by atoms with E-state index >= 15 is 0 Å². The Balaban J connectivity index is 0.000000117. The molecule has 0 amide bonds. The van der Waals surface area contributed by atoms with Crippen molar-refractivity contribution in [1.82, 2.24) is 47.9 Å². The summed E-state index contributed by atoms with van der Waals surface area (Å²) in [4.78, 5) is 17.7. The number of aromatic nitrogens is 10. The molecule has 8 heterocycles. The SMILES string of the molecule is ClCc1cn2c(n1)-c1ccccc1C2.N=c1ccccn1NC(=S)n1ccnc1.c1ccc2c(c1)Cn1cc(CSc3nc4ccccn4n3)nc1-2. The molecule has 0 fully saturated rings. The van der Waals surface area contributed by atoms with Crippen LogP contribution < -0.4 is 10.9 Å². The van der Waals surface area contributed by atoms with Crippen molar-refractivity contribution in [3.8, 4) is 22.8 Å². The maximum Gasteiger partial charge on any atom is 0.209 e. The molecule has 0 unspecified atom stereocenters. The highest BCUT2D eigenvalue weighted by Crippen LogP contribution is 2.32. The van der Waals surface area contributed by atoms with E-state index in [0.29, 0.717) is 16.5 Å². The Labute approximate surface area is 312 Å². The first-order chi connectivity index (χ1) is 25.5. The van der Waals surface area contributed by atoms with Crippen LogP contribution in [-0.2, 0) is 24.7 Å². The van der Waals surface area contributed by atoms with Gasteiger partial charge in [0.15, 0.2) is 10.8 Å². The van der Waals surface area contributed by atoms with Crippen LogP contribution >= 0.6 is 35.6 Å². The van der Waals surface area contributed by atoms with Gasteiger partial charge in [0, 0.05) is 67.2 Å². The molecule has 2 aliphatic heterocycles. The van der Waals surface area contributed by atoms with Gasteiger partial charge < -0.3 is 9.13 Å². The first kappa shape index (κ1) is 33.3. The summed E-state index contributed by atoms with van der Waals surface area (Å²) in [5.74, 6) is 3.39. The summed E-state index contributed by atoms with van der Waals surface area (Å²) in [6.07, 6.45) is 12.8. The highest BCUT2D eigenvalue weighted by atomic mass is 35.5. The van der Waals surface area contributed by atoms with Crippen molar-refractivity contribution in [3.05, 3.63) is 156 Å². The summed E-state index contributed by atoms with van der Waals surface area (Å²) in [5, 5.41) is 13.3. The quantitative estimate of drug-likeness (QED) is 0.117. The number of benzene rings is 2. The summed E-state index contributed by atoms with van der Waals surface area (Å²) in [6, 6.07) is 28.0. The number of alkyl halides is 1. The number of thioether (sulfide) groups is 1. The van der Waals surface area contributed by atoms with E-state index in [1.165, 1.54) is 26.9 Å². The largest absolute Gasteiger partial charge is 0.326 e. The molecule has 2 aromatic carbocycles. The molecule has 15 heteroatoms. The van der Waals surface area contributed by atoms with E-state index in [1.807, 2.05) is 42.7 Å². The van der Waals surface area contributed by atoms with E-state index in [4.69, 9.17) is 34.2 Å². The summed E-state index contributed by atoms with van der Waals surface area (Å²) in [7, 11) is 0. The average molecular weight is 743 g/mol. The molecule has 52 heavy (non-hydrogen) atoms. The van der Waals surface area contributed by atoms with Crippen molar-refractivity contribution in [2.45, 2.75) is 29.9 Å². The van der Waals surface area contributed by atoms with E-state index in [1.54, 1.807) is 57.9 Å². The minimum absolute atomic E-state index is 0.333. The van der Waals surface area contributed by atoms with E-state index in [2.05, 4.69) is 83.3 Å². The lowest BCUT2D eigenvalue weighted by molar-refractivity contribution is 0.846. The fourth-order valence-electron chi connectivity index (χ4n) is 5.96. The summed E-state index contributed by atoms with van der Waals surface area (Å²) in [5.41, 5.74) is 11.3. The topological polar surface area (TPSA) is 124 Å². The molecule has 0 saturated heterocycles. The highest BCUT2D eigenvalue weighted by Gasteiger charge is 2.21. The van der Waals surface area contributed by atoms with Crippen LogP contribution in [0.2, 0.25) is 0 Å². The Bertz CT molecular complexity index is 2530. The smallest absolute Gasteiger partial charge is 0.209 e. The molecule has 8 aromatic rings. The number of thiocarbonyl (C=S) groups is 1. The molecular formula is C37H31ClN12S2. The Hall–Kier alpha value is -5.83. The van der Waals surface area contributed by atoms with Gasteiger partial charge in [0.2, 0.25) is 5.16 Å². The zero-order valence-electron chi connectivity index (χ0n) is 27.6. The van der Waals surface area contributed by atoms with Crippen molar-refractivity contribution >= 4 is 46.3 Å². The van der Waals surface area contributed by atoms with Gasteiger partial charge in [-0.1, -0.05) is 72.4 Å². The van der Waals surface area contributed by atoms with Crippen molar-refractivity contribution < 1.29 is 0 Å². The number of imidazole rings is 3. The van der Waals surface area contributed by atoms with E-state index < -0.39 is 0 Å². The van der Waals surface area contributed by atoms with Crippen molar-refractivity contribution in [3.63, 3.8) is 0 Å². The molecule has 0 atom stereocenters. The van der Waals surface area contributed by atoms with E-state index in [9.17, 15) is 0 Å². The fourth-order valence-corrected chi connectivity index (χ4v) is 7.01. The first-order valence-electron chi connectivity index (χ1n) is 16.3. The van der Waals surface area contributed by atoms with Gasteiger partial charge in [-0.2, -0.15) is 0 Å². The number of hydrogen-bond acceptors (Lipinski definition) is 8. The maximum absolute atomic E-state index is 7.61. The molecule has 258 valence electrons. The second kappa shape index (κ2) is 14.8. The molecule has 0 bridgehead atoms. The maximum atomic E-state index is 7.61. The number of pyridine rings is 2. The molecule has 2 aliphatic rings. The van der Waals surface area contributed by atoms with Crippen LogP contribution in [-0.4, -0.2) is 53.0 Å². The molecule has 0 spiro atoms. The molecular weight excluding hydrogens is 712 g/mol. The van der Waals surface area contributed by atoms with Crippen LogP contribution in [0.1, 0.15) is 22.5 Å². The predicted molar refractivity (Wildman–Crippen MR) is 206 cm³/mol. The van der Waals surface area contributed by atoms with Crippen LogP contribution in [0.25, 0.3) is 28.4 Å². The second-order valence-electron chi connectivity index (χ2n) is 11.8. The van der Waals surface area contributed by atoms with Gasteiger partial charge in [0.05, 0.1) is 17.3 Å².